The normalized spacial score (nSPS) is 30.1. The van der Waals surface area contributed by atoms with Gasteiger partial charge in [-0.15, -0.1) is 0 Å². The standard InChI is InChI=1S/C16H30N2O4S/c1-5-6-9-22-14-10-13(16(14,2)3)17-15(19)18-8-7-12(11-18)23(4,20)21/h12-14H,5-11H2,1-4H3,(H,17,19)/t12-,13+,14-/m1/s1. The van der Waals surface area contributed by atoms with Crippen molar-refractivity contribution in [2.45, 2.75) is 63.9 Å². The topological polar surface area (TPSA) is 75.7 Å². The predicted molar refractivity (Wildman–Crippen MR) is 90.2 cm³/mol. The van der Waals surface area contributed by atoms with E-state index in [0.29, 0.717) is 19.5 Å². The van der Waals surface area contributed by atoms with E-state index in [4.69, 9.17) is 4.74 Å². The molecule has 2 aliphatic rings. The van der Waals surface area contributed by atoms with E-state index < -0.39 is 15.1 Å². The minimum Gasteiger partial charge on any atom is -0.378 e. The Kier molecular flexibility index (Phi) is 5.61. The van der Waals surface area contributed by atoms with Crippen LogP contribution in [0.5, 0.6) is 0 Å². The lowest BCUT2D eigenvalue weighted by Gasteiger charge is -2.51. The number of ether oxygens (including phenoxy) is 1. The number of unbranched alkanes of at least 4 members (excludes halogenated alkanes) is 1. The third-order valence-electron chi connectivity index (χ3n) is 5.33. The summed E-state index contributed by atoms with van der Waals surface area (Å²) in [6.45, 7) is 7.94. The van der Waals surface area contributed by atoms with E-state index in [9.17, 15) is 13.2 Å². The Morgan fingerprint density at radius 3 is 2.61 bits per heavy atom. The maximum atomic E-state index is 12.4. The molecule has 1 aliphatic carbocycles. The van der Waals surface area contributed by atoms with Crippen LogP contribution in [0.1, 0.15) is 46.5 Å². The van der Waals surface area contributed by atoms with Gasteiger partial charge in [0.2, 0.25) is 0 Å². The third-order valence-corrected chi connectivity index (χ3v) is 6.93. The van der Waals surface area contributed by atoms with Crippen molar-refractivity contribution in [2.24, 2.45) is 5.41 Å². The monoisotopic (exact) mass is 346 g/mol. The summed E-state index contributed by atoms with van der Waals surface area (Å²) in [4.78, 5) is 14.0. The molecule has 23 heavy (non-hydrogen) atoms. The lowest BCUT2D eigenvalue weighted by Crippen LogP contribution is -2.63. The fourth-order valence-electron chi connectivity index (χ4n) is 3.29. The molecule has 1 saturated carbocycles. The van der Waals surface area contributed by atoms with Crippen molar-refractivity contribution in [1.29, 1.82) is 0 Å². The molecule has 2 rings (SSSR count). The summed E-state index contributed by atoms with van der Waals surface area (Å²) in [6, 6.07) is -0.0693. The number of likely N-dealkylation sites (tertiary alicyclic amines) is 1. The van der Waals surface area contributed by atoms with Crippen LogP contribution in [-0.4, -0.2) is 62.7 Å². The van der Waals surface area contributed by atoms with Gasteiger partial charge in [-0.3, -0.25) is 0 Å². The Morgan fingerprint density at radius 1 is 1.39 bits per heavy atom. The number of hydrogen-bond donors (Lipinski definition) is 1. The van der Waals surface area contributed by atoms with E-state index in [-0.39, 0.29) is 23.6 Å². The van der Waals surface area contributed by atoms with Crippen molar-refractivity contribution in [3.05, 3.63) is 0 Å². The molecule has 1 heterocycles. The van der Waals surface area contributed by atoms with Gasteiger partial charge in [0.1, 0.15) is 0 Å². The summed E-state index contributed by atoms with van der Waals surface area (Å²) in [6.07, 6.45) is 4.96. The predicted octanol–water partition coefficient (Wildman–Crippen LogP) is 1.80. The molecule has 1 aliphatic heterocycles. The van der Waals surface area contributed by atoms with Gasteiger partial charge >= 0.3 is 6.03 Å². The van der Waals surface area contributed by atoms with Crippen molar-refractivity contribution in [3.63, 3.8) is 0 Å². The number of rotatable bonds is 6. The molecule has 0 aromatic rings. The summed E-state index contributed by atoms with van der Waals surface area (Å²) in [5, 5.41) is 2.63. The first kappa shape index (κ1) is 18.5. The zero-order valence-corrected chi connectivity index (χ0v) is 15.5. The van der Waals surface area contributed by atoms with Crippen LogP contribution in [0.4, 0.5) is 4.79 Å². The van der Waals surface area contributed by atoms with Gasteiger partial charge in [0.25, 0.3) is 0 Å². The summed E-state index contributed by atoms with van der Waals surface area (Å²) in [5.74, 6) is 0. The van der Waals surface area contributed by atoms with Gasteiger partial charge in [0.05, 0.1) is 11.4 Å². The second kappa shape index (κ2) is 6.97. The van der Waals surface area contributed by atoms with Crippen molar-refractivity contribution < 1.29 is 17.9 Å². The highest BCUT2D eigenvalue weighted by atomic mass is 32.2. The van der Waals surface area contributed by atoms with E-state index in [1.807, 2.05) is 0 Å². The molecular formula is C16H30N2O4S. The maximum absolute atomic E-state index is 12.4. The second-order valence-corrected chi connectivity index (χ2v) is 9.78. The average molecular weight is 346 g/mol. The molecule has 0 bridgehead atoms. The average Bonchev–Trinajstić information content (AvgIpc) is 2.95. The zero-order chi connectivity index (χ0) is 17.3. The first-order chi connectivity index (χ1) is 10.7. The van der Waals surface area contributed by atoms with Gasteiger partial charge in [0.15, 0.2) is 9.84 Å². The van der Waals surface area contributed by atoms with Crippen LogP contribution in [0.15, 0.2) is 0 Å². The molecule has 7 heteroatoms. The highest BCUT2D eigenvalue weighted by molar-refractivity contribution is 7.91. The van der Waals surface area contributed by atoms with Crippen LogP contribution >= 0.6 is 0 Å². The summed E-state index contributed by atoms with van der Waals surface area (Å²) in [7, 11) is -3.08. The fraction of sp³-hybridized carbons (Fsp3) is 0.938. The third kappa shape index (κ3) is 4.18. The van der Waals surface area contributed by atoms with E-state index in [1.165, 1.54) is 6.26 Å². The summed E-state index contributed by atoms with van der Waals surface area (Å²) in [5.41, 5.74) is -0.0840. The molecule has 1 N–H and O–H groups in total. The molecule has 0 aromatic carbocycles. The Balaban J connectivity index is 1.81. The van der Waals surface area contributed by atoms with Gasteiger partial charge in [0, 0.05) is 37.4 Å². The van der Waals surface area contributed by atoms with Crippen molar-refractivity contribution in [1.82, 2.24) is 10.2 Å². The van der Waals surface area contributed by atoms with Crippen LogP contribution < -0.4 is 5.32 Å². The number of amides is 2. The zero-order valence-electron chi connectivity index (χ0n) is 14.7. The molecular weight excluding hydrogens is 316 g/mol. The molecule has 3 atom stereocenters. The van der Waals surface area contributed by atoms with Gasteiger partial charge in [-0.1, -0.05) is 27.2 Å². The van der Waals surface area contributed by atoms with Crippen molar-refractivity contribution in [2.75, 3.05) is 26.0 Å². The van der Waals surface area contributed by atoms with E-state index in [0.717, 1.165) is 25.9 Å². The molecule has 134 valence electrons. The van der Waals surface area contributed by atoms with E-state index in [1.54, 1.807) is 4.90 Å². The van der Waals surface area contributed by atoms with Crippen LogP contribution in [0.2, 0.25) is 0 Å². The first-order valence-corrected chi connectivity index (χ1v) is 10.5. The first-order valence-electron chi connectivity index (χ1n) is 8.52. The van der Waals surface area contributed by atoms with Crippen LogP contribution in [0, 0.1) is 5.41 Å². The van der Waals surface area contributed by atoms with E-state index >= 15 is 0 Å². The Labute approximate surface area is 139 Å². The quantitative estimate of drug-likeness (QED) is 0.744. The molecule has 0 aromatic heterocycles. The lowest BCUT2D eigenvalue weighted by molar-refractivity contribution is -0.115. The smallest absolute Gasteiger partial charge is 0.317 e. The van der Waals surface area contributed by atoms with Crippen molar-refractivity contribution in [3.8, 4) is 0 Å². The highest BCUT2D eigenvalue weighted by Crippen LogP contribution is 2.43. The number of carbonyl (C=O) groups excluding carboxylic acids is 1. The molecule has 2 amide bonds. The molecule has 0 radical (unpaired) electrons. The Morgan fingerprint density at radius 2 is 2.09 bits per heavy atom. The van der Waals surface area contributed by atoms with Crippen molar-refractivity contribution >= 4 is 15.9 Å². The SMILES string of the molecule is CCCCO[C@@H]1C[C@H](NC(=O)N2CC[C@@H](S(C)(=O)=O)C2)C1(C)C. The minimum absolute atomic E-state index is 0.0823. The van der Waals surface area contributed by atoms with E-state index in [2.05, 4.69) is 26.1 Å². The maximum Gasteiger partial charge on any atom is 0.317 e. The van der Waals surface area contributed by atoms with Gasteiger partial charge in [-0.05, 0) is 19.3 Å². The molecule has 2 fully saturated rings. The molecule has 0 unspecified atom stereocenters. The molecule has 1 saturated heterocycles. The molecule has 0 spiro atoms. The Bertz CT molecular complexity index is 532. The minimum atomic E-state index is -3.08. The van der Waals surface area contributed by atoms with Gasteiger partial charge in [-0.25, -0.2) is 13.2 Å². The van der Waals surface area contributed by atoms with Gasteiger partial charge in [-0.2, -0.15) is 0 Å². The highest BCUT2D eigenvalue weighted by Gasteiger charge is 2.50. The fourth-order valence-corrected chi connectivity index (χ4v) is 4.27. The van der Waals surface area contributed by atoms with Gasteiger partial charge < -0.3 is 15.0 Å². The lowest BCUT2D eigenvalue weighted by atomic mass is 9.64. The largest absolute Gasteiger partial charge is 0.378 e. The number of urea groups is 1. The number of sulfone groups is 1. The number of carbonyl (C=O) groups is 1. The second-order valence-electron chi connectivity index (χ2n) is 7.46. The summed E-state index contributed by atoms with van der Waals surface area (Å²) < 4.78 is 29.1. The number of nitrogens with one attached hydrogen (secondary N) is 1. The Hall–Kier alpha value is -0.820. The van der Waals surface area contributed by atoms with Crippen LogP contribution in [0.25, 0.3) is 0 Å². The van der Waals surface area contributed by atoms with Crippen LogP contribution in [0.3, 0.4) is 0 Å². The van der Waals surface area contributed by atoms with Crippen LogP contribution in [-0.2, 0) is 14.6 Å². The molecule has 6 nitrogen and oxygen atoms in total. The number of nitrogens with zero attached hydrogens (tertiary/aromatic N) is 1. The number of hydrogen-bond acceptors (Lipinski definition) is 4. The summed E-state index contributed by atoms with van der Waals surface area (Å²) >= 11 is 0.